The Morgan fingerprint density at radius 3 is 1.60 bits per heavy atom. The molecule has 0 radical (unpaired) electrons. The number of carboxylic acids is 1. The number of hydrogen-bond acceptors (Lipinski definition) is 4. The maximum atomic E-state index is 12.3. The SMILES string of the molecule is C[C@H](C(=O)[O-])N1C(=O)c2c(Br)c(Br)c(Br)c(Br)c2C1=O. The highest BCUT2D eigenvalue weighted by Gasteiger charge is 2.43. The lowest BCUT2D eigenvalue weighted by Crippen LogP contribution is -2.48. The molecule has 106 valence electrons. The highest BCUT2D eigenvalue weighted by atomic mass is 79.9. The molecule has 0 N–H and O–H groups in total. The van der Waals surface area contributed by atoms with E-state index in [1.807, 2.05) is 0 Å². The molecule has 1 atom stereocenters. The van der Waals surface area contributed by atoms with Crippen molar-refractivity contribution in [1.29, 1.82) is 0 Å². The van der Waals surface area contributed by atoms with Crippen molar-refractivity contribution in [3.05, 3.63) is 29.0 Å². The van der Waals surface area contributed by atoms with E-state index in [2.05, 4.69) is 63.7 Å². The minimum atomic E-state index is -1.50. The van der Waals surface area contributed by atoms with Crippen LogP contribution in [0.3, 0.4) is 0 Å². The van der Waals surface area contributed by atoms with E-state index >= 15 is 0 Å². The first kappa shape index (κ1) is 16.1. The fourth-order valence-corrected chi connectivity index (χ4v) is 4.28. The molecule has 0 saturated heterocycles. The summed E-state index contributed by atoms with van der Waals surface area (Å²) in [7, 11) is 0. The summed E-state index contributed by atoms with van der Waals surface area (Å²) in [4.78, 5) is 36.2. The Kier molecular flexibility index (Phi) is 4.44. The molecule has 1 aliphatic heterocycles. The van der Waals surface area contributed by atoms with Gasteiger partial charge in [-0.15, -0.1) is 0 Å². The highest BCUT2D eigenvalue weighted by Crippen LogP contribution is 2.45. The first-order valence-electron chi connectivity index (χ1n) is 5.14. The summed E-state index contributed by atoms with van der Waals surface area (Å²) in [6, 6.07) is -1.35. The van der Waals surface area contributed by atoms with Crippen LogP contribution in [0.5, 0.6) is 0 Å². The van der Waals surface area contributed by atoms with Gasteiger partial charge in [-0.3, -0.25) is 14.5 Å². The minimum absolute atomic E-state index is 0.116. The summed E-state index contributed by atoms with van der Waals surface area (Å²) < 4.78 is 1.86. The monoisotopic (exact) mass is 530 g/mol. The van der Waals surface area contributed by atoms with Crippen molar-refractivity contribution in [1.82, 2.24) is 4.90 Å². The average molecular weight is 534 g/mol. The second-order valence-electron chi connectivity index (χ2n) is 3.98. The lowest BCUT2D eigenvalue weighted by Gasteiger charge is -2.22. The molecule has 2 amide bonds. The number of imide groups is 1. The molecule has 0 saturated carbocycles. The summed E-state index contributed by atoms with van der Waals surface area (Å²) in [5.74, 6) is -2.85. The van der Waals surface area contributed by atoms with Gasteiger partial charge in [0, 0.05) is 17.9 Å². The lowest BCUT2D eigenvalue weighted by molar-refractivity contribution is -0.309. The molecule has 0 bridgehead atoms. The Morgan fingerprint density at radius 1 is 0.950 bits per heavy atom. The zero-order valence-electron chi connectivity index (χ0n) is 9.67. The van der Waals surface area contributed by atoms with Gasteiger partial charge < -0.3 is 9.90 Å². The van der Waals surface area contributed by atoms with Crippen molar-refractivity contribution in [3.8, 4) is 0 Å². The zero-order valence-corrected chi connectivity index (χ0v) is 16.0. The first-order chi connectivity index (χ1) is 9.20. The van der Waals surface area contributed by atoms with Crippen molar-refractivity contribution in [3.63, 3.8) is 0 Å². The predicted molar refractivity (Wildman–Crippen MR) is 82.2 cm³/mol. The number of benzene rings is 1. The lowest BCUT2D eigenvalue weighted by atomic mass is 10.1. The van der Waals surface area contributed by atoms with Crippen molar-refractivity contribution in [2.45, 2.75) is 13.0 Å². The number of aliphatic carboxylic acids is 1. The van der Waals surface area contributed by atoms with Crippen molar-refractivity contribution < 1.29 is 19.5 Å². The van der Waals surface area contributed by atoms with Crippen LogP contribution in [0, 0.1) is 0 Å². The van der Waals surface area contributed by atoms with Gasteiger partial charge in [-0.1, -0.05) is 0 Å². The van der Waals surface area contributed by atoms with E-state index in [1.54, 1.807) is 0 Å². The van der Waals surface area contributed by atoms with Crippen LogP contribution in [0.1, 0.15) is 27.6 Å². The van der Waals surface area contributed by atoms with Crippen LogP contribution in [-0.4, -0.2) is 28.7 Å². The van der Waals surface area contributed by atoms with E-state index in [-0.39, 0.29) is 11.1 Å². The Labute approximate surface area is 147 Å². The van der Waals surface area contributed by atoms with Crippen LogP contribution >= 0.6 is 63.7 Å². The molecule has 2 rings (SSSR count). The molecule has 0 spiro atoms. The van der Waals surface area contributed by atoms with Crippen molar-refractivity contribution in [2.75, 3.05) is 0 Å². The van der Waals surface area contributed by atoms with Crippen LogP contribution in [0.15, 0.2) is 17.9 Å². The summed E-state index contributed by atoms with van der Waals surface area (Å²) in [6.45, 7) is 1.23. The second-order valence-corrected chi connectivity index (χ2v) is 7.15. The third-order valence-corrected chi connectivity index (χ3v) is 7.63. The molecule has 9 heteroatoms. The molecule has 1 aromatic carbocycles. The Balaban J connectivity index is 2.73. The van der Waals surface area contributed by atoms with Gasteiger partial charge in [-0.2, -0.15) is 0 Å². The fourth-order valence-electron chi connectivity index (χ4n) is 1.82. The molecule has 0 aliphatic carbocycles. The average Bonchev–Trinajstić information content (AvgIpc) is 2.64. The second kappa shape index (κ2) is 5.51. The minimum Gasteiger partial charge on any atom is -0.548 e. The number of halogens is 4. The molecular weight excluding hydrogens is 530 g/mol. The van der Waals surface area contributed by atoms with Crippen molar-refractivity contribution >= 4 is 81.5 Å². The van der Waals surface area contributed by atoms with Gasteiger partial charge in [0.25, 0.3) is 11.8 Å². The van der Waals surface area contributed by atoms with Gasteiger partial charge in [0.1, 0.15) is 0 Å². The molecular formula is C11H4Br4NO4-. The molecule has 5 nitrogen and oxygen atoms in total. The van der Waals surface area contributed by atoms with Gasteiger partial charge >= 0.3 is 0 Å². The van der Waals surface area contributed by atoms with E-state index in [9.17, 15) is 19.5 Å². The van der Waals surface area contributed by atoms with Crippen molar-refractivity contribution in [2.24, 2.45) is 0 Å². The summed E-state index contributed by atoms with van der Waals surface area (Å²) in [5.41, 5.74) is 0.232. The smallest absolute Gasteiger partial charge is 0.263 e. The summed E-state index contributed by atoms with van der Waals surface area (Å²) in [6.07, 6.45) is 0. The largest absolute Gasteiger partial charge is 0.548 e. The van der Waals surface area contributed by atoms with E-state index in [0.29, 0.717) is 22.8 Å². The standard InChI is InChI=1S/C11H5Br4NO4/c1-2(11(19)20)16-9(17)3-4(10(16)18)6(13)8(15)7(14)5(3)12/h2H,1H3,(H,19,20)/p-1/t2-/m1/s1. The van der Waals surface area contributed by atoms with E-state index in [0.717, 1.165) is 0 Å². The molecule has 1 heterocycles. The number of amides is 2. The molecule has 0 fully saturated rings. The van der Waals surface area contributed by atoms with Gasteiger partial charge in [-0.25, -0.2) is 0 Å². The Bertz CT molecular complexity index is 626. The van der Waals surface area contributed by atoms with E-state index in [1.165, 1.54) is 6.92 Å². The third-order valence-electron chi connectivity index (χ3n) is 2.86. The number of carbonyl (C=O) groups excluding carboxylic acids is 3. The number of carboxylic acid groups (broad SMARTS) is 1. The Morgan fingerprint density at radius 2 is 1.30 bits per heavy atom. The van der Waals surface area contributed by atoms with Gasteiger partial charge in [0.2, 0.25) is 0 Å². The fraction of sp³-hybridized carbons (Fsp3) is 0.182. The number of rotatable bonds is 2. The number of nitrogens with zero attached hydrogens (tertiary/aromatic N) is 1. The highest BCUT2D eigenvalue weighted by molar-refractivity contribution is 9.15. The zero-order chi connectivity index (χ0) is 15.4. The normalized spacial score (nSPS) is 15.6. The van der Waals surface area contributed by atoms with Gasteiger partial charge in [-0.05, 0) is 70.6 Å². The maximum absolute atomic E-state index is 12.3. The first-order valence-corrected chi connectivity index (χ1v) is 8.32. The quantitative estimate of drug-likeness (QED) is 0.333. The Hall–Kier alpha value is -0.250. The van der Waals surface area contributed by atoms with E-state index < -0.39 is 23.8 Å². The number of carbonyl (C=O) groups is 3. The molecule has 1 aliphatic rings. The predicted octanol–water partition coefficient (Wildman–Crippen LogP) is 2.47. The van der Waals surface area contributed by atoms with Crippen LogP contribution in [0.4, 0.5) is 0 Å². The number of hydrogen-bond donors (Lipinski definition) is 0. The summed E-state index contributed by atoms with van der Waals surface area (Å²) in [5, 5.41) is 10.9. The van der Waals surface area contributed by atoms with Crippen LogP contribution < -0.4 is 5.11 Å². The molecule has 0 unspecified atom stereocenters. The summed E-state index contributed by atoms with van der Waals surface area (Å²) >= 11 is 13.0. The molecule has 0 aromatic heterocycles. The number of fused-ring (bicyclic) bond motifs is 1. The topological polar surface area (TPSA) is 77.5 Å². The molecule has 1 aromatic rings. The van der Waals surface area contributed by atoms with Gasteiger partial charge in [0.15, 0.2) is 0 Å². The maximum Gasteiger partial charge on any atom is 0.263 e. The van der Waals surface area contributed by atoms with Crippen LogP contribution in [-0.2, 0) is 4.79 Å². The van der Waals surface area contributed by atoms with E-state index in [4.69, 9.17) is 0 Å². The van der Waals surface area contributed by atoms with Gasteiger partial charge in [0.05, 0.1) is 23.1 Å². The molecule has 20 heavy (non-hydrogen) atoms. The van der Waals surface area contributed by atoms with Crippen LogP contribution in [0.2, 0.25) is 0 Å². The van der Waals surface area contributed by atoms with Crippen LogP contribution in [0.25, 0.3) is 0 Å². The third kappa shape index (κ3) is 2.18.